The van der Waals surface area contributed by atoms with Crippen molar-refractivity contribution in [3.8, 4) is 0 Å². The number of hydrogen-bond donors (Lipinski definition) is 2. The Morgan fingerprint density at radius 1 is 1.16 bits per heavy atom. The highest BCUT2D eigenvalue weighted by atomic mass is 35.5. The molecule has 32 heavy (non-hydrogen) atoms. The maximum absolute atomic E-state index is 12.5. The van der Waals surface area contributed by atoms with E-state index in [1.54, 1.807) is 0 Å². The number of nitrogens with one attached hydrogen (secondary N) is 1. The van der Waals surface area contributed by atoms with Gasteiger partial charge in [0.05, 0.1) is 16.7 Å². The zero-order valence-corrected chi connectivity index (χ0v) is 18.9. The number of aromatic amines is 1. The van der Waals surface area contributed by atoms with Gasteiger partial charge >= 0.3 is 5.69 Å². The minimum absolute atomic E-state index is 0.00838. The Morgan fingerprint density at radius 2 is 1.91 bits per heavy atom. The largest absolute Gasteiger partial charge is 0.394 e. The van der Waals surface area contributed by atoms with Gasteiger partial charge in [0.25, 0.3) is 0 Å². The number of imidazole rings is 1. The first-order chi connectivity index (χ1) is 15.7. The molecule has 0 amide bonds. The Hall–Kier alpha value is -2.61. The van der Waals surface area contributed by atoms with Crippen LogP contribution in [0.25, 0.3) is 11.0 Å². The average Bonchev–Trinajstić information content (AvgIpc) is 3.15. The van der Waals surface area contributed by atoms with Gasteiger partial charge in [-0.2, -0.15) is 0 Å². The van der Waals surface area contributed by atoms with E-state index in [0.29, 0.717) is 18.2 Å². The van der Waals surface area contributed by atoms with Crippen LogP contribution in [0.5, 0.6) is 0 Å². The molecule has 0 spiro atoms. The second-order valence-corrected chi connectivity index (χ2v) is 8.60. The number of nitrogens with zero attached hydrogens (tertiary/aromatic N) is 3. The van der Waals surface area contributed by atoms with Crippen molar-refractivity contribution in [3.05, 3.63) is 69.6 Å². The first-order valence-corrected chi connectivity index (χ1v) is 11.6. The molecule has 0 radical (unpaired) electrons. The third-order valence-electron chi connectivity index (χ3n) is 6.00. The molecule has 1 aliphatic heterocycles. The van der Waals surface area contributed by atoms with Gasteiger partial charge in [-0.15, -0.1) is 0 Å². The van der Waals surface area contributed by atoms with Crippen LogP contribution in [0.15, 0.2) is 58.5 Å². The molecule has 0 bridgehead atoms. The summed E-state index contributed by atoms with van der Waals surface area (Å²) >= 11 is 6.02. The lowest BCUT2D eigenvalue weighted by Gasteiger charge is -2.32. The maximum atomic E-state index is 12.5. The van der Waals surface area contributed by atoms with Crippen molar-refractivity contribution in [1.82, 2.24) is 14.5 Å². The van der Waals surface area contributed by atoms with E-state index >= 15 is 0 Å². The second-order valence-electron chi connectivity index (χ2n) is 8.16. The topological polar surface area (TPSA) is 88.6 Å². The summed E-state index contributed by atoms with van der Waals surface area (Å²) in [5.41, 5.74) is 9.34. The van der Waals surface area contributed by atoms with E-state index in [0.717, 1.165) is 67.6 Å². The fourth-order valence-electron chi connectivity index (χ4n) is 4.37. The second kappa shape index (κ2) is 10.8. The molecule has 3 aromatic rings. The minimum atomic E-state index is -0.00838. The summed E-state index contributed by atoms with van der Waals surface area (Å²) < 4.78 is 1.94. The molecule has 1 aromatic heterocycles. The van der Waals surface area contributed by atoms with Crippen molar-refractivity contribution >= 4 is 28.3 Å². The molecule has 3 N–H and O–H groups in total. The van der Waals surface area contributed by atoms with Gasteiger partial charge < -0.3 is 20.5 Å². The number of rotatable bonds is 9. The lowest BCUT2D eigenvalue weighted by Crippen LogP contribution is -2.37. The lowest BCUT2D eigenvalue weighted by molar-refractivity contribution is 0.151. The summed E-state index contributed by atoms with van der Waals surface area (Å²) in [6.45, 7) is 3.78. The molecule has 0 unspecified atom stereocenters. The highest BCUT2D eigenvalue weighted by Gasteiger charge is 2.23. The standard InChI is InChI=1S/C24H30ClN5O2/c25-19-9-7-18(8-10-19)21(28-32-17-13-26)5-3-14-29-15-11-20(12-16-29)30-23-6-2-1-4-22(23)27-24(30)31/h1-2,4,6-10,20H,3,5,11-17,26H2,(H,27,31). The number of aromatic nitrogens is 2. The number of piperidine rings is 1. The van der Waals surface area contributed by atoms with Crippen LogP contribution in [0.1, 0.15) is 37.3 Å². The normalized spacial score (nSPS) is 16.0. The summed E-state index contributed by atoms with van der Waals surface area (Å²) in [5.74, 6) is 0. The van der Waals surface area contributed by atoms with Crippen LogP contribution in [0, 0.1) is 0 Å². The van der Waals surface area contributed by atoms with Gasteiger partial charge in [0.15, 0.2) is 0 Å². The number of hydrogen-bond acceptors (Lipinski definition) is 5. The molecule has 170 valence electrons. The van der Waals surface area contributed by atoms with Gasteiger partial charge in [-0.05, 0) is 62.1 Å². The van der Waals surface area contributed by atoms with E-state index in [9.17, 15) is 4.79 Å². The highest BCUT2D eigenvalue weighted by Crippen LogP contribution is 2.25. The Kier molecular flexibility index (Phi) is 7.63. The zero-order chi connectivity index (χ0) is 22.3. The number of nitrogens with two attached hydrogens (primary N) is 1. The molecule has 4 rings (SSSR count). The van der Waals surface area contributed by atoms with Gasteiger partial charge in [0.1, 0.15) is 6.61 Å². The summed E-state index contributed by atoms with van der Waals surface area (Å²) in [4.78, 5) is 23.3. The van der Waals surface area contributed by atoms with Gasteiger partial charge in [-0.3, -0.25) is 4.57 Å². The van der Waals surface area contributed by atoms with E-state index < -0.39 is 0 Å². The smallest absolute Gasteiger partial charge is 0.326 e. The lowest BCUT2D eigenvalue weighted by atomic mass is 10.0. The van der Waals surface area contributed by atoms with Crippen molar-refractivity contribution in [1.29, 1.82) is 0 Å². The number of likely N-dealkylation sites (tertiary alicyclic amines) is 1. The Bertz CT molecular complexity index is 1100. The molecule has 2 aromatic carbocycles. The summed E-state index contributed by atoms with van der Waals surface area (Å²) in [6, 6.07) is 15.8. The number of oxime groups is 1. The van der Waals surface area contributed by atoms with Crippen molar-refractivity contribution in [2.24, 2.45) is 10.9 Å². The van der Waals surface area contributed by atoms with Crippen LogP contribution < -0.4 is 11.4 Å². The molecule has 1 aliphatic rings. The summed E-state index contributed by atoms with van der Waals surface area (Å²) in [7, 11) is 0. The minimum Gasteiger partial charge on any atom is -0.394 e. The fourth-order valence-corrected chi connectivity index (χ4v) is 4.50. The molecule has 1 saturated heterocycles. The SMILES string of the molecule is NCCON=C(CCCN1CCC(n2c(=O)[nH]c3ccccc32)CC1)c1ccc(Cl)cc1. The van der Waals surface area contributed by atoms with Crippen molar-refractivity contribution in [2.75, 3.05) is 32.8 Å². The zero-order valence-electron chi connectivity index (χ0n) is 18.2. The molecule has 8 heteroatoms. The van der Waals surface area contributed by atoms with E-state index in [2.05, 4.69) is 15.0 Å². The molecular weight excluding hydrogens is 426 g/mol. The third kappa shape index (κ3) is 5.41. The Morgan fingerprint density at radius 3 is 2.66 bits per heavy atom. The highest BCUT2D eigenvalue weighted by molar-refractivity contribution is 6.30. The number of H-pyrrole nitrogens is 1. The molecule has 2 heterocycles. The molecule has 0 aliphatic carbocycles. The third-order valence-corrected chi connectivity index (χ3v) is 6.25. The predicted octanol–water partition coefficient (Wildman–Crippen LogP) is 3.78. The molecular formula is C24H30ClN5O2. The Labute approximate surface area is 192 Å². The van der Waals surface area contributed by atoms with Crippen LogP contribution in [0.3, 0.4) is 0 Å². The first-order valence-electron chi connectivity index (χ1n) is 11.2. The summed E-state index contributed by atoms with van der Waals surface area (Å²) in [5, 5.41) is 5.02. The fraction of sp³-hybridized carbons (Fsp3) is 0.417. The molecule has 0 saturated carbocycles. The quantitative estimate of drug-likeness (QED) is 0.292. The maximum Gasteiger partial charge on any atom is 0.326 e. The van der Waals surface area contributed by atoms with Crippen LogP contribution in [-0.4, -0.2) is 52.9 Å². The van der Waals surface area contributed by atoms with Crippen molar-refractivity contribution in [3.63, 3.8) is 0 Å². The van der Waals surface area contributed by atoms with E-state index in [1.165, 1.54) is 0 Å². The first kappa shape index (κ1) is 22.6. The predicted molar refractivity (Wildman–Crippen MR) is 129 cm³/mol. The molecule has 0 atom stereocenters. The van der Waals surface area contributed by atoms with E-state index in [4.69, 9.17) is 22.2 Å². The van der Waals surface area contributed by atoms with Gasteiger partial charge in [0.2, 0.25) is 0 Å². The van der Waals surface area contributed by atoms with Crippen molar-refractivity contribution in [2.45, 2.75) is 31.7 Å². The van der Waals surface area contributed by atoms with Crippen LogP contribution in [0.2, 0.25) is 5.02 Å². The number of benzene rings is 2. The van der Waals surface area contributed by atoms with Crippen LogP contribution in [0.4, 0.5) is 0 Å². The van der Waals surface area contributed by atoms with Gasteiger partial charge in [0, 0.05) is 30.7 Å². The molecule has 7 nitrogen and oxygen atoms in total. The van der Waals surface area contributed by atoms with Gasteiger partial charge in [-0.25, -0.2) is 4.79 Å². The monoisotopic (exact) mass is 455 g/mol. The van der Waals surface area contributed by atoms with Gasteiger partial charge in [-0.1, -0.05) is 41.0 Å². The van der Waals surface area contributed by atoms with Crippen molar-refractivity contribution < 1.29 is 4.84 Å². The number of fused-ring (bicyclic) bond motifs is 1. The van der Waals surface area contributed by atoms with E-state index in [-0.39, 0.29) is 11.7 Å². The molecule has 1 fully saturated rings. The van der Waals surface area contributed by atoms with Crippen LogP contribution >= 0.6 is 11.6 Å². The average molecular weight is 456 g/mol. The summed E-state index contributed by atoms with van der Waals surface area (Å²) in [6.07, 6.45) is 3.73. The number of halogens is 1. The Balaban J connectivity index is 1.31. The van der Waals surface area contributed by atoms with E-state index in [1.807, 2.05) is 53.1 Å². The number of para-hydroxylation sites is 2. The van der Waals surface area contributed by atoms with Crippen LogP contribution in [-0.2, 0) is 4.84 Å².